The first-order valence-electron chi connectivity index (χ1n) is 13.6. The minimum atomic E-state index is -4.58. The number of likely N-dealkylation sites (N-methyl/N-ethyl adjacent to an activating group) is 1. The monoisotopic (exact) mass is 586 g/mol. The molecule has 7 rings (SSSR count). The molecule has 0 saturated heterocycles. The summed E-state index contributed by atoms with van der Waals surface area (Å²) >= 11 is 0. The predicted molar refractivity (Wildman–Crippen MR) is 151 cm³/mol. The van der Waals surface area contributed by atoms with E-state index in [4.69, 9.17) is 4.74 Å². The molecular formula is C28H33F3N8O3. The van der Waals surface area contributed by atoms with Crippen molar-refractivity contribution in [2.24, 2.45) is 0 Å². The summed E-state index contributed by atoms with van der Waals surface area (Å²) in [4.78, 5) is 42.3. The zero-order valence-electron chi connectivity index (χ0n) is 23.4. The smallest absolute Gasteiger partial charge is 0.422 e. The number of carbonyl (C=O) groups excluding carboxylic acids is 2. The van der Waals surface area contributed by atoms with Gasteiger partial charge in [-0.25, -0.2) is 0 Å². The van der Waals surface area contributed by atoms with Crippen molar-refractivity contribution in [3.63, 3.8) is 0 Å². The topological polar surface area (TPSA) is 125 Å². The number of rotatable bonds is 7. The molecule has 5 heterocycles. The van der Waals surface area contributed by atoms with Crippen LogP contribution in [0, 0.1) is 0 Å². The molecule has 0 spiro atoms. The third kappa shape index (κ3) is 8.77. The first-order chi connectivity index (χ1) is 20.1. The number of carbonyl (C=O) groups is 2. The highest BCUT2D eigenvalue weighted by atomic mass is 19.4. The lowest BCUT2D eigenvalue weighted by Crippen LogP contribution is -2.42. The molecule has 11 nitrogen and oxygen atoms in total. The van der Waals surface area contributed by atoms with E-state index in [1.165, 1.54) is 0 Å². The average molecular weight is 587 g/mol. The Balaban J connectivity index is 1.64. The van der Waals surface area contributed by atoms with Crippen molar-refractivity contribution in [2.75, 3.05) is 56.5 Å². The van der Waals surface area contributed by atoms with E-state index in [9.17, 15) is 22.8 Å². The van der Waals surface area contributed by atoms with Crippen molar-refractivity contribution < 1.29 is 27.5 Å². The van der Waals surface area contributed by atoms with Crippen LogP contribution in [0.25, 0.3) is 0 Å². The van der Waals surface area contributed by atoms with Gasteiger partial charge in [0.25, 0.3) is 11.8 Å². The second-order valence-electron chi connectivity index (χ2n) is 9.50. The Morgan fingerprint density at radius 2 is 1.57 bits per heavy atom. The van der Waals surface area contributed by atoms with Crippen molar-refractivity contribution in [2.45, 2.75) is 26.6 Å². The lowest BCUT2D eigenvalue weighted by atomic mass is 10.1. The summed E-state index contributed by atoms with van der Waals surface area (Å²) < 4.78 is 43.1. The van der Waals surface area contributed by atoms with Gasteiger partial charge in [0.1, 0.15) is 0 Å². The quantitative estimate of drug-likeness (QED) is 0.380. The summed E-state index contributed by atoms with van der Waals surface area (Å²) in [6, 6.07) is 12.8. The average Bonchev–Trinajstić information content (AvgIpc) is 2.98. The zero-order chi connectivity index (χ0) is 30.1. The van der Waals surface area contributed by atoms with Crippen LogP contribution in [0.15, 0.2) is 48.5 Å². The standard InChI is InChI=1S/C28H33F3N8O3/c1-3-38(4-2)15-16-39-14-13-32-23(40)20-7-5-19(6-8-20)17-33-25-35-26(37-27(36-25)42-18-28(29,30)31)34-22-11-9-21(10-12-22)24(39)41/h5-12H,3-4,13-18H2,1-2H3,(H,32,40)(H2,33,34,35,36,37). The number of anilines is 3. The lowest BCUT2D eigenvalue weighted by Gasteiger charge is -2.27. The van der Waals surface area contributed by atoms with Crippen molar-refractivity contribution in [1.29, 1.82) is 0 Å². The van der Waals surface area contributed by atoms with Crippen LogP contribution in [-0.2, 0) is 6.54 Å². The predicted octanol–water partition coefficient (Wildman–Crippen LogP) is 3.70. The van der Waals surface area contributed by atoms with Crippen molar-refractivity contribution in [1.82, 2.24) is 30.1 Å². The maximum Gasteiger partial charge on any atom is 0.422 e. The Morgan fingerprint density at radius 3 is 2.24 bits per heavy atom. The van der Waals surface area contributed by atoms with Gasteiger partial charge in [0, 0.05) is 49.5 Å². The second-order valence-corrected chi connectivity index (χ2v) is 9.50. The first kappa shape index (κ1) is 30.5. The summed E-state index contributed by atoms with van der Waals surface area (Å²) in [5, 5.41) is 8.76. The molecule has 0 aliphatic carbocycles. The van der Waals surface area contributed by atoms with E-state index in [2.05, 4.69) is 49.6 Å². The highest BCUT2D eigenvalue weighted by Crippen LogP contribution is 2.21. The van der Waals surface area contributed by atoms with Gasteiger partial charge >= 0.3 is 12.2 Å². The number of alkyl halides is 3. The molecule has 6 bridgehead atoms. The molecule has 0 atom stereocenters. The Hall–Kier alpha value is -4.46. The molecule has 0 fully saturated rings. The second kappa shape index (κ2) is 13.9. The van der Waals surface area contributed by atoms with E-state index in [0.29, 0.717) is 36.4 Å². The van der Waals surface area contributed by atoms with E-state index >= 15 is 0 Å². The minimum Gasteiger partial charge on any atom is -0.454 e. The molecule has 0 unspecified atom stereocenters. The van der Waals surface area contributed by atoms with E-state index in [-0.39, 0.29) is 36.8 Å². The van der Waals surface area contributed by atoms with Crippen molar-refractivity contribution in [3.8, 4) is 6.01 Å². The number of ether oxygens (including phenoxy) is 1. The van der Waals surface area contributed by atoms with Gasteiger partial charge in [-0.3, -0.25) is 9.59 Å². The van der Waals surface area contributed by atoms with Crippen LogP contribution in [0.5, 0.6) is 6.01 Å². The van der Waals surface area contributed by atoms with E-state index < -0.39 is 18.8 Å². The molecule has 4 aliphatic rings. The molecule has 4 aliphatic heterocycles. The van der Waals surface area contributed by atoms with Gasteiger partial charge in [0.2, 0.25) is 11.9 Å². The number of halogens is 3. The fraction of sp³-hybridized carbons (Fsp3) is 0.393. The third-order valence-corrected chi connectivity index (χ3v) is 6.57. The molecule has 224 valence electrons. The molecule has 2 aromatic carbocycles. The van der Waals surface area contributed by atoms with Gasteiger partial charge in [-0.2, -0.15) is 28.1 Å². The molecule has 0 saturated carbocycles. The Morgan fingerprint density at radius 1 is 0.905 bits per heavy atom. The van der Waals surface area contributed by atoms with Crippen LogP contribution in [0.4, 0.5) is 30.8 Å². The molecule has 1 aromatic heterocycles. The normalized spacial score (nSPS) is 14.4. The summed E-state index contributed by atoms with van der Waals surface area (Å²) in [6.45, 7) is 6.24. The minimum absolute atomic E-state index is 0.0171. The van der Waals surface area contributed by atoms with Gasteiger partial charge < -0.3 is 30.5 Å². The largest absolute Gasteiger partial charge is 0.454 e. The van der Waals surface area contributed by atoms with Gasteiger partial charge in [0.15, 0.2) is 6.61 Å². The molecule has 0 radical (unpaired) electrons. The van der Waals surface area contributed by atoms with Gasteiger partial charge in [-0.1, -0.05) is 26.0 Å². The van der Waals surface area contributed by atoms with Crippen LogP contribution >= 0.6 is 0 Å². The van der Waals surface area contributed by atoms with Crippen molar-refractivity contribution in [3.05, 3.63) is 65.2 Å². The number of hydrogen-bond donors (Lipinski definition) is 3. The molecule has 3 N–H and O–H groups in total. The molecule has 3 aromatic rings. The summed E-state index contributed by atoms with van der Waals surface area (Å²) in [5.41, 5.74) is 2.15. The molecule has 14 heteroatoms. The highest BCUT2D eigenvalue weighted by Gasteiger charge is 2.29. The number of benzene rings is 2. The SMILES string of the molecule is CCN(CC)CCN1CCNC(=O)c2ccc(cc2)CNc2nc(nc(OCC(F)(F)F)n2)Nc2ccc(cc2)C1=O. The first-order valence-corrected chi connectivity index (χ1v) is 13.6. The Kier molecular flexibility index (Phi) is 10.1. The number of hydrogen-bond acceptors (Lipinski definition) is 9. The summed E-state index contributed by atoms with van der Waals surface area (Å²) in [6.07, 6.45) is -4.58. The number of nitrogens with one attached hydrogen (secondary N) is 3. The third-order valence-electron chi connectivity index (χ3n) is 6.57. The van der Waals surface area contributed by atoms with E-state index in [1.54, 1.807) is 53.4 Å². The molecule has 2 amide bonds. The van der Waals surface area contributed by atoms with Crippen LogP contribution in [-0.4, -0.2) is 88.6 Å². The number of amides is 2. The summed E-state index contributed by atoms with van der Waals surface area (Å²) in [7, 11) is 0. The van der Waals surface area contributed by atoms with E-state index in [0.717, 1.165) is 18.7 Å². The number of aromatic nitrogens is 3. The van der Waals surface area contributed by atoms with E-state index in [1.807, 2.05) is 0 Å². The maximum atomic E-state index is 13.5. The fourth-order valence-corrected chi connectivity index (χ4v) is 4.19. The highest BCUT2D eigenvalue weighted by molar-refractivity contribution is 5.95. The summed E-state index contributed by atoms with van der Waals surface area (Å²) in [5.74, 6) is -0.539. The Bertz CT molecular complexity index is 1350. The fourth-order valence-electron chi connectivity index (χ4n) is 4.19. The maximum absolute atomic E-state index is 13.5. The molecule has 42 heavy (non-hydrogen) atoms. The lowest BCUT2D eigenvalue weighted by molar-refractivity contribution is -0.154. The van der Waals surface area contributed by atoms with Gasteiger partial charge in [-0.05, 0) is 55.1 Å². The zero-order valence-corrected chi connectivity index (χ0v) is 23.4. The number of nitrogens with zero attached hydrogens (tertiary/aromatic N) is 5. The van der Waals surface area contributed by atoms with Gasteiger partial charge in [0.05, 0.1) is 0 Å². The Labute approximate surface area is 241 Å². The molecular weight excluding hydrogens is 553 g/mol. The van der Waals surface area contributed by atoms with Crippen LogP contribution in [0.3, 0.4) is 0 Å². The van der Waals surface area contributed by atoms with Gasteiger partial charge in [-0.15, -0.1) is 0 Å². The van der Waals surface area contributed by atoms with Crippen LogP contribution in [0.2, 0.25) is 0 Å². The van der Waals surface area contributed by atoms with Crippen LogP contribution in [0.1, 0.15) is 40.1 Å². The van der Waals surface area contributed by atoms with Crippen LogP contribution < -0.4 is 20.7 Å². The van der Waals surface area contributed by atoms with Crippen molar-refractivity contribution >= 4 is 29.4 Å².